The molecule has 2 rings (SSSR count). The van der Waals surface area contributed by atoms with E-state index in [1.165, 1.54) is 28.9 Å². The van der Waals surface area contributed by atoms with Gasteiger partial charge >= 0.3 is 5.97 Å². The highest BCUT2D eigenvalue weighted by Gasteiger charge is 2.17. The van der Waals surface area contributed by atoms with Crippen molar-refractivity contribution in [3.05, 3.63) is 33.0 Å². The lowest BCUT2D eigenvalue weighted by atomic mass is 9.94. The van der Waals surface area contributed by atoms with Crippen molar-refractivity contribution in [2.24, 2.45) is 0 Å². The SMILES string of the molecule is COC(=O)C=C1CCc2cc(C=O)sc2C1. The molecule has 0 atom stereocenters. The van der Waals surface area contributed by atoms with Gasteiger partial charge in [-0.15, -0.1) is 11.3 Å². The number of hydrogen-bond acceptors (Lipinski definition) is 4. The molecule has 0 saturated heterocycles. The largest absolute Gasteiger partial charge is 0.466 e. The van der Waals surface area contributed by atoms with Crippen LogP contribution in [0.4, 0.5) is 0 Å². The highest BCUT2D eigenvalue weighted by molar-refractivity contribution is 7.13. The first-order chi connectivity index (χ1) is 7.72. The van der Waals surface area contributed by atoms with Gasteiger partial charge in [0, 0.05) is 17.4 Å². The van der Waals surface area contributed by atoms with Crippen LogP contribution in [-0.2, 0) is 22.4 Å². The molecule has 1 aliphatic carbocycles. The fraction of sp³-hybridized carbons (Fsp3) is 0.333. The molecule has 0 fully saturated rings. The normalized spacial score (nSPS) is 16.9. The molecule has 0 aromatic carbocycles. The second kappa shape index (κ2) is 4.61. The summed E-state index contributed by atoms with van der Waals surface area (Å²) in [7, 11) is 1.38. The average molecular weight is 236 g/mol. The molecule has 0 unspecified atom stereocenters. The Morgan fingerprint density at radius 3 is 3.00 bits per heavy atom. The summed E-state index contributed by atoms with van der Waals surface area (Å²) in [6, 6.07) is 1.95. The minimum absolute atomic E-state index is 0.300. The van der Waals surface area contributed by atoms with Crippen LogP contribution < -0.4 is 0 Å². The van der Waals surface area contributed by atoms with Gasteiger partial charge in [0.15, 0.2) is 6.29 Å². The molecule has 1 aromatic heterocycles. The van der Waals surface area contributed by atoms with E-state index in [1.807, 2.05) is 6.07 Å². The summed E-state index contributed by atoms with van der Waals surface area (Å²) in [4.78, 5) is 23.7. The third-order valence-electron chi connectivity index (χ3n) is 2.66. The van der Waals surface area contributed by atoms with E-state index in [0.29, 0.717) is 0 Å². The maximum Gasteiger partial charge on any atom is 0.330 e. The Balaban J connectivity index is 2.20. The zero-order valence-electron chi connectivity index (χ0n) is 8.99. The van der Waals surface area contributed by atoms with Gasteiger partial charge in [0.25, 0.3) is 0 Å². The minimum Gasteiger partial charge on any atom is -0.466 e. The number of esters is 1. The minimum atomic E-state index is -0.300. The molecule has 4 heteroatoms. The lowest BCUT2D eigenvalue weighted by Crippen LogP contribution is -2.05. The molecule has 0 aliphatic heterocycles. The van der Waals surface area contributed by atoms with Gasteiger partial charge in [-0.05, 0) is 24.5 Å². The Kier molecular flexibility index (Phi) is 3.19. The van der Waals surface area contributed by atoms with E-state index < -0.39 is 0 Å². The summed E-state index contributed by atoms with van der Waals surface area (Å²) in [6.07, 6.45) is 4.98. The van der Waals surface area contributed by atoms with Crippen LogP contribution in [0.25, 0.3) is 0 Å². The number of allylic oxidation sites excluding steroid dienone is 1. The molecule has 0 radical (unpaired) electrons. The van der Waals surface area contributed by atoms with Crippen molar-refractivity contribution in [2.45, 2.75) is 19.3 Å². The van der Waals surface area contributed by atoms with E-state index in [-0.39, 0.29) is 5.97 Å². The van der Waals surface area contributed by atoms with Crippen LogP contribution in [0.3, 0.4) is 0 Å². The van der Waals surface area contributed by atoms with Crippen LogP contribution in [0.15, 0.2) is 17.7 Å². The maximum atomic E-state index is 11.1. The maximum absolute atomic E-state index is 11.1. The van der Waals surface area contributed by atoms with Crippen LogP contribution in [0.2, 0.25) is 0 Å². The number of thiophene rings is 1. The van der Waals surface area contributed by atoms with Gasteiger partial charge in [-0.2, -0.15) is 0 Å². The van der Waals surface area contributed by atoms with Crippen molar-refractivity contribution >= 4 is 23.6 Å². The smallest absolute Gasteiger partial charge is 0.330 e. The topological polar surface area (TPSA) is 43.4 Å². The third-order valence-corrected chi connectivity index (χ3v) is 3.76. The van der Waals surface area contributed by atoms with Crippen LogP contribution >= 0.6 is 11.3 Å². The highest BCUT2D eigenvalue weighted by atomic mass is 32.1. The van der Waals surface area contributed by atoms with Gasteiger partial charge in [0.1, 0.15) is 0 Å². The predicted molar refractivity (Wildman–Crippen MR) is 61.8 cm³/mol. The monoisotopic (exact) mass is 236 g/mol. The molecule has 1 heterocycles. The molecule has 0 amide bonds. The lowest BCUT2D eigenvalue weighted by Gasteiger charge is -2.13. The van der Waals surface area contributed by atoms with E-state index in [4.69, 9.17) is 0 Å². The first kappa shape index (κ1) is 11.1. The molecular formula is C12H12O3S. The van der Waals surface area contributed by atoms with Gasteiger partial charge in [0.2, 0.25) is 0 Å². The summed E-state index contributed by atoms with van der Waals surface area (Å²) < 4.78 is 4.60. The van der Waals surface area contributed by atoms with Crippen molar-refractivity contribution in [2.75, 3.05) is 7.11 Å². The first-order valence-electron chi connectivity index (χ1n) is 5.07. The number of aldehydes is 1. The Morgan fingerprint density at radius 1 is 1.50 bits per heavy atom. The van der Waals surface area contributed by atoms with Crippen LogP contribution in [-0.4, -0.2) is 19.4 Å². The zero-order valence-corrected chi connectivity index (χ0v) is 9.80. The number of aryl methyl sites for hydroxylation is 1. The van der Waals surface area contributed by atoms with Crippen molar-refractivity contribution in [3.63, 3.8) is 0 Å². The van der Waals surface area contributed by atoms with Crippen molar-refractivity contribution in [1.82, 2.24) is 0 Å². The molecule has 3 nitrogen and oxygen atoms in total. The molecule has 84 valence electrons. The van der Waals surface area contributed by atoms with E-state index in [0.717, 1.165) is 36.0 Å². The van der Waals surface area contributed by atoms with Gasteiger partial charge in [-0.1, -0.05) is 5.57 Å². The van der Waals surface area contributed by atoms with Crippen molar-refractivity contribution in [3.8, 4) is 0 Å². The molecule has 0 spiro atoms. The number of ether oxygens (including phenoxy) is 1. The second-order valence-electron chi connectivity index (χ2n) is 3.72. The lowest BCUT2D eigenvalue weighted by molar-refractivity contribution is -0.134. The number of methoxy groups -OCH3 is 1. The summed E-state index contributed by atoms with van der Waals surface area (Å²) in [5.41, 5.74) is 2.33. The predicted octanol–water partition coefficient (Wildman–Crippen LogP) is 2.15. The summed E-state index contributed by atoms with van der Waals surface area (Å²) in [5.74, 6) is -0.300. The fourth-order valence-electron chi connectivity index (χ4n) is 1.85. The zero-order chi connectivity index (χ0) is 11.5. The quantitative estimate of drug-likeness (QED) is 0.449. The van der Waals surface area contributed by atoms with E-state index >= 15 is 0 Å². The van der Waals surface area contributed by atoms with E-state index in [2.05, 4.69) is 4.74 Å². The van der Waals surface area contributed by atoms with Gasteiger partial charge in [-0.3, -0.25) is 4.79 Å². The van der Waals surface area contributed by atoms with Gasteiger partial charge < -0.3 is 4.74 Å². The molecule has 0 saturated carbocycles. The highest BCUT2D eigenvalue weighted by Crippen LogP contribution is 2.31. The molecular weight excluding hydrogens is 224 g/mol. The number of hydrogen-bond donors (Lipinski definition) is 0. The van der Waals surface area contributed by atoms with Gasteiger partial charge in [0.05, 0.1) is 12.0 Å². The fourth-order valence-corrected chi connectivity index (χ4v) is 2.93. The van der Waals surface area contributed by atoms with E-state index in [9.17, 15) is 9.59 Å². The number of rotatable bonds is 2. The Labute approximate surface area is 97.7 Å². The first-order valence-corrected chi connectivity index (χ1v) is 5.88. The van der Waals surface area contributed by atoms with Crippen molar-refractivity contribution < 1.29 is 14.3 Å². The van der Waals surface area contributed by atoms with Crippen LogP contribution in [0.5, 0.6) is 0 Å². The Hall–Kier alpha value is -1.42. The van der Waals surface area contributed by atoms with E-state index in [1.54, 1.807) is 6.08 Å². The van der Waals surface area contributed by atoms with Gasteiger partial charge in [-0.25, -0.2) is 4.79 Å². The Morgan fingerprint density at radius 2 is 2.31 bits per heavy atom. The molecule has 0 bridgehead atoms. The summed E-state index contributed by atoms with van der Waals surface area (Å²) in [6.45, 7) is 0. The summed E-state index contributed by atoms with van der Waals surface area (Å²) in [5, 5.41) is 0. The summed E-state index contributed by atoms with van der Waals surface area (Å²) >= 11 is 1.51. The third kappa shape index (κ3) is 2.22. The number of fused-ring (bicyclic) bond motifs is 1. The number of carbonyl (C=O) groups is 2. The average Bonchev–Trinajstić information content (AvgIpc) is 2.71. The van der Waals surface area contributed by atoms with Crippen LogP contribution in [0.1, 0.15) is 26.5 Å². The standard InChI is InChI=1S/C12H12O3S/c1-15-12(14)5-8-2-3-9-6-10(7-13)16-11(9)4-8/h5-7H,2-4H2,1H3. The second-order valence-corrected chi connectivity index (χ2v) is 4.89. The molecule has 0 N–H and O–H groups in total. The van der Waals surface area contributed by atoms with Crippen molar-refractivity contribution in [1.29, 1.82) is 0 Å². The Bertz CT molecular complexity index is 457. The molecule has 1 aromatic rings. The molecule has 16 heavy (non-hydrogen) atoms. The molecule has 1 aliphatic rings. The number of carbonyl (C=O) groups excluding carboxylic acids is 2. The van der Waals surface area contributed by atoms with Crippen LogP contribution in [0, 0.1) is 0 Å².